The van der Waals surface area contributed by atoms with Crippen LogP contribution in [0.4, 0.5) is 0 Å². The van der Waals surface area contributed by atoms with Gasteiger partial charge < -0.3 is 14.2 Å². The number of hydrogen-bond acceptors (Lipinski definition) is 6. The molecule has 0 saturated heterocycles. The average Bonchev–Trinajstić information content (AvgIpc) is 2.80. The topological polar surface area (TPSA) is 61.8 Å². The average molecular weight is 457 g/mol. The molecular weight excluding hydrogens is 424 g/mol. The molecule has 0 unspecified atom stereocenters. The Morgan fingerprint density at radius 1 is 0.812 bits per heavy atom. The molecule has 0 atom stereocenters. The zero-order chi connectivity index (χ0) is 23.2. The van der Waals surface area contributed by atoms with Crippen LogP contribution in [-0.4, -0.2) is 31.4 Å². The molecule has 0 fully saturated rings. The van der Waals surface area contributed by atoms with E-state index < -0.39 is 0 Å². The summed E-state index contributed by atoms with van der Waals surface area (Å²) >= 11 is 1.19. The molecule has 5 nitrogen and oxygen atoms in total. The lowest BCUT2D eigenvalue weighted by atomic mass is 10.1. The molecule has 0 amide bonds. The van der Waals surface area contributed by atoms with Crippen LogP contribution in [0.1, 0.15) is 55.8 Å². The van der Waals surface area contributed by atoms with Crippen molar-refractivity contribution in [3.8, 4) is 11.5 Å². The minimum atomic E-state index is -0.310. The predicted molar refractivity (Wildman–Crippen MR) is 129 cm³/mol. The van der Waals surface area contributed by atoms with Gasteiger partial charge in [0.1, 0.15) is 11.5 Å². The lowest BCUT2D eigenvalue weighted by molar-refractivity contribution is -0.139. The van der Waals surface area contributed by atoms with E-state index in [0.29, 0.717) is 24.4 Å². The number of methoxy groups -OCH3 is 1. The minimum absolute atomic E-state index is 0.00360. The first-order valence-electron chi connectivity index (χ1n) is 10.9. The highest BCUT2D eigenvalue weighted by atomic mass is 32.2. The SMILES string of the molecule is C=C(C)C(=O)OCCCCCCCCOc1ccc(C(=O)Sc2ccc(OC)cc2)cc1. The van der Waals surface area contributed by atoms with Crippen molar-refractivity contribution in [1.29, 1.82) is 0 Å². The summed E-state index contributed by atoms with van der Waals surface area (Å²) in [5.41, 5.74) is 1.09. The summed E-state index contributed by atoms with van der Waals surface area (Å²) in [6, 6.07) is 14.7. The maximum atomic E-state index is 12.4. The van der Waals surface area contributed by atoms with Gasteiger partial charge in [0.15, 0.2) is 0 Å². The van der Waals surface area contributed by atoms with E-state index in [0.717, 1.165) is 54.9 Å². The van der Waals surface area contributed by atoms with Crippen LogP contribution < -0.4 is 9.47 Å². The van der Waals surface area contributed by atoms with Crippen molar-refractivity contribution in [3.05, 3.63) is 66.2 Å². The van der Waals surface area contributed by atoms with Gasteiger partial charge in [-0.05, 0) is 80.1 Å². The summed E-state index contributed by atoms with van der Waals surface area (Å²) < 4.78 is 16.0. The van der Waals surface area contributed by atoms with Gasteiger partial charge in [-0.3, -0.25) is 4.79 Å². The van der Waals surface area contributed by atoms with E-state index >= 15 is 0 Å². The summed E-state index contributed by atoms with van der Waals surface area (Å²) in [7, 11) is 1.62. The molecule has 0 N–H and O–H groups in total. The molecule has 0 heterocycles. The van der Waals surface area contributed by atoms with E-state index in [1.54, 1.807) is 26.2 Å². The Bertz CT molecular complexity index is 859. The van der Waals surface area contributed by atoms with Crippen molar-refractivity contribution in [1.82, 2.24) is 0 Å². The molecule has 0 aliphatic carbocycles. The quantitative estimate of drug-likeness (QED) is 0.141. The molecule has 0 saturated carbocycles. The van der Waals surface area contributed by atoms with E-state index in [-0.39, 0.29) is 11.1 Å². The molecule has 0 spiro atoms. The number of thioether (sulfide) groups is 1. The minimum Gasteiger partial charge on any atom is -0.497 e. The predicted octanol–water partition coefficient (Wildman–Crippen LogP) is 6.47. The highest BCUT2D eigenvalue weighted by Gasteiger charge is 2.09. The molecule has 0 aliphatic rings. The molecule has 2 aromatic rings. The molecule has 172 valence electrons. The zero-order valence-corrected chi connectivity index (χ0v) is 19.7. The fourth-order valence-corrected chi connectivity index (χ4v) is 3.63. The van der Waals surface area contributed by atoms with Gasteiger partial charge in [-0.25, -0.2) is 4.79 Å². The van der Waals surface area contributed by atoms with Crippen LogP contribution in [0.25, 0.3) is 0 Å². The van der Waals surface area contributed by atoms with Crippen LogP contribution in [-0.2, 0) is 9.53 Å². The van der Waals surface area contributed by atoms with Crippen molar-refractivity contribution in [2.75, 3.05) is 20.3 Å². The zero-order valence-electron chi connectivity index (χ0n) is 18.9. The van der Waals surface area contributed by atoms with Crippen LogP contribution in [0, 0.1) is 0 Å². The molecule has 32 heavy (non-hydrogen) atoms. The number of carbonyl (C=O) groups excluding carboxylic acids is 2. The summed E-state index contributed by atoms with van der Waals surface area (Å²) in [4.78, 5) is 24.6. The third kappa shape index (κ3) is 9.60. The van der Waals surface area contributed by atoms with Crippen LogP contribution in [0.5, 0.6) is 11.5 Å². The van der Waals surface area contributed by atoms with Crippen LogP contribution in [0.3, 0.4) is 0 Å². The summed E-state index contributed by atoms with van der Waals surface area (Å²) in [5.74, 6) is 1.23. The lowest BCUT2D eigenvalue weighted by Crippen LogP contribution is -2.06. The third-order valence-corrected chi connectivity index (χ3v) is 5.68. The van der Waals surface area contributed by atoms with E-state index in [1.165, 1.54) is 11.8 Å². The lowest BCUT2D eigenvalue weighted by Gasteiger charge is -2.07. The number of hydrogen-bond donors (Lipinski definition) is 0. The first kappa shape index (κ1) is 25.5. The second-order valence-electron chi connectivity index (χ2n) is 7.48. The molecule has 0 radical (unpaired) electrons. The molecule has 2 rings (SSSR count). The Morgan fingerprint density at radius 3 is 1.97 bits per heavy atom. The van der Waals surface area contributed by atoms with Crippen molar-refractivity contribution >= 4 is 22.8 Å². The van der Waals surface area contributed by atoms with Gasteiger partial charge in [-0.2, -0.15) is 0 Å². The number of unbranched alkanes of at least 4 members (excludes halogenated alkanes) is 5. The number of carbonyl (C=O) groups is 2. The summed E-state index contributed by atoms with van der Waals surface area (Å²) in [5, 5.41) is -0.00360. The molecule has 0 aromatic heterocycles. The highest BCUT2D eigenvalue weighted by Crippen LogP contribution is 2.26. The Labute approximate surface area is 195 Å². The van der Waals surface area contributed by atoms with Gasteiger partial charge in [0.05, 0.1) is 20.3 Å². The molecule has 0 aliphatic heterocycles. The summed E-state index contributed by atoms with van der Waals surface area (Å²) in [6.45, 7) is 6.34. The van der Waals surface area contributed by atoms with Gasteiger partial charge in [-0.15, -0.1) is 0 Å². The van der Waals surface area contributed by atoms with Gasteiger partial charge in [0, 0.05) is 16.0 Å². The fraction of sp³-hybridized carbons (Fsp3) is 0.385. The van der Waals surface area contributed by atoms with Crippen LogP contribution in [0.15, 0.2) is 65.6 Å². The van der Waals surface area contributed by atoms with E-state index in [9.17, 15) is 9.59 Å². The molecule has 0 bridgehead atoms. The van der Waals surface area contributed by atoms with Crippen molar-refractivity contribution in [2.45, 2.75) is 50.3 Å². The van der Waals surface area contributed by atoms with Crippen molar-refractivity contribution < 1.29 is 23.8 Å². The third-order valence-electron chi connectivity index (χ3n) is 4.75. The van der Waals surface area contributed by atoms with Gasteiger partial charge in [-0.1, -0.05) is 32.3 Å². The van der Waals surface area contributed by atoms with E-state index in [1.807, 2.05) is 36.4 Å². The van der Waals surface area contributed by atoms with Crippen molar-refractivity contribution in [2.24, 2.45) is 0 Å². The van der Waals surface area contributed by atoms with Gasteiger partial charge in [0.25, 0.3) is 0 Å². The maximum Gasteiger partial charge on any atom is 0.333 e. The Morgan fingerprint density at radius 2 is 1.38 bits per heavy atom. The fourth-order valence-electron chi connectivity index (χ4n) is 2.89. The van der Waals surface area contributed by atoms with E-state index in [2.05, 4.69) is 6.58 Å². The molecular formula is C26H32O5S. The second kappa shape index (κ2) is 14.4. The Hall–Kier alpha value is -2.73. The standard InChI is InChI=1S/C26H32O5S/c1-20(2)25(27)31-19-9-7-5-4-6-8-18-30-23-12-10-21(11-13-23)26(28)32-24-16-14-22(29-3)15-17-24/h10-17H,1,4-9,18-19H2,2-3H3. The summed E-state index contributed by atoms with van der Waals surface area (Å²) in [6.07, 6.45) is 6.27. The number of benzene rings is 2. The van der Waals surface area contributed by atoms with E-state index in [4.69, 9.17) is 14.2 Å². The Balaban J connectivity index is 1.56. The van der Waals surface area contributed by atoms with Gasteiger partial charge in [0.2, 0.25) is 5.12 Å². The maximum absolute atomic E-state index is 12.4. The van der Waals surface area contributed by atoms with Crippen LogP contribution >= 0.6 is 11.8 Å². The number of ether oxygens (including phenoxy) is 3. The number of rotatable bonds is 14. The van der Waals surface area contributed by atoms with Crippen LogP contribution in [0.2, 0.25) is 0 Å². The monoisotopic (exact) mass is 456 g/mol. The van der Waals surface area contributed by atoms with Gasteiger partial charge >= 0.3 is 5.97 Å². The molecule has 2 aromatic carbocycles. The molecule has 6 heteroatoms. The Kier molecular flexibility index (Phi) is 11.5. The largest absolute Gasteiger partial charge is 0.497 e. The van der Waals surface area contributed by atoms with Crippen molar-refractivity contribution in [3.63, 3.8) is 0 Å². The first-order valence-corrected chi connectivity index (χ1v) is 11.7. The smallest absolute Gasteiger partial charge is 0.333 e. The number of esters is 1. The normalized spacial score (nSPS) is 10.4. The highest BCUT2D eigenvalue weighted by molar-refractivity contribution is 8.14. The first-order chi connectivity index (χ1) is 15.5. The second-order valence-corrected chi connectivity index (χ2v) is 8.52.